The van der Waals surface area contributed by atoms with Crippen molar-refractivity contribution in [2.24, 2.45) is 0 Å². The van der Waals surface area contributed by atoms with E-state index in [-0.39, 0.29) is 5.82 Å². The topological polar surface area (TPSA) is 52.5 Å². The van der Waals surface area contributed by atoms with Gasteiger partial charge in [0.2, 0.25) is 0 Å². The maximum atomic E-state index is 13.3. The number of nitriles is 1. The molecule has 0 saturated carbocycles. The highest BCUT2D eigenvalue weighted by atomic mass is 19.1. The standard InChI is InChI=1S/C18H14FN3/c19-16-8-6-15(7-9-16)18(12-20,10-17-11-21-13-22-17)14-4-2-1-3-5-14/h1-9,11,13H,10H2,(H,21,22). The van der Waals surface area contributed by atoms with Crippen molar-refractivity contribution in [1.82, 2.24) is 9.97 Å². The molecule has 3 aromatic rings. The summed E-state index contributed by atoms with van der Waals surface area (Å²) in [4.78, 5) is 7.06. The Kier molecular flexibility index (Phi) is 3.71. The minimum atomic E-state index is -0.887. The first-order valence-electron chi connectivity index (χ1n) is 6.95. The third kappa shape index (κ3) is 2.49. The van der Waals surface area contributed by atoms with Crippen LogP contribution in [0, 0.1) is 17.1 Å². The second-order valence-electron chi connectivity index (χ2n) is 5.14. The number of aromatic amines is 1. The van der Waals surface area contributed by atoms with Crippen molar-refractivity contribution in [3.63, 3.8) is 0 Å². The number of aromatic nitrogens is 2. The first kappa shape index (κ1) is 14.0. The number of hydrogen-bond acceptors (Lipinski definition) is 2. The van der Waals surface area contributed by atoms with Gasteiger partial charge in [-0.3, -0.25) is 0 Å². The average molecular weight is 291 g/mol. The van der Waals surface area contributed by atoms with Crippen LogP contribution in [0.5, 0.6) is 0 Å². The molecule has 0 aliphatic rings. The van der Waals surface area contributed by atoms with Crippen molar-refractivity contribution in [2.75, 3.05) is 0 Å². The van der Waals surface area contributed by atoms with E-state index in [4.69, 9.17) is 0 Å². The second-order valence-corrected chi connectivity index (χ2v) is 5.14. The monoisotopic (exact) mass is 291 g/mol. The predicted octanol–water partition coefficient (Wildman–Crippen LogP) is 3.60. The smallest absolute Gasteiger partial charge is 0.123 e. The van der Waals surface area contributed by atoms with Crippen LogP contribution in [0.1, 0.15) is 16.8 Å². The molecule has 1 N–H and O–H groups in total. The molecule has 2 aromatic carbocycles. The Morgan fingerprint density at radius 1 is 1.05 bits per heavy atom. The molecular formula is C18H14FN3. The molecule has 0 amide bonds. The van der Waals surface area contributed by atoms with Crippen LogP contribution in [0.2, 0.25) is 0 Å². The lowest BCUT2D eigenvalue weighted by Gasteiger charge is -2.27. The first-order valence-corrected chi connectivity index (χ1v) is 6.95. The Morgan fingerprint density at radius 2 is 1.73 bits per heavy atom. The van der Waals surface area contributed by atoms with Gasteiger partial charge in [-0.2, -0.15) is 5.26 Å². The number of hydrogen-bond donors (Lipinski definition) is 1. The summed E-state index contributed by atoms with van der Waals surface area (Å²) in [7, 11) is 0. The van der Waals surface area contributed by atoms with Crippen LogP contribution < -0.4 is 0 Å². The Labute approximate surface area is 128 Å². The number of imidazole rings is 1. The fraction of sp³-hybridized carbons (Fsp3) is 0.111. The summed E-state index contributed by atoms with van der Waals surface area (Å²) in [6.07, 6.45) is 3.74. The fourth-order valence-corrected chi connectivity index (χ4v) is 2.66. The van der Waals surface area contributed by atoms with Gasteiger partial charge in [-0.05, 0) is 23.3 Å². The van der Waals surface area contributed by atoms with Crippen LogP contribution in [0.25, 0.3) is 0 Å². The molecule has 4 heteroatoms. The number of halogens is 1. The molecular weight excluding hydrogens is 277 g/mol. The largest absolute Gasteiger partial charge is 0.348 e. The molecule has 1 unspecified atom stereocenters. The Morgan fingerprint density at radius 3 is 2.32 bits per heavy atom. The molecule has 108 valence electrons. The third-order valence-electron chi connectivity index (χ3n) is 3.80. The molecule has 3 rings (SSSR count). The molecule has 3 nitrogen and oxygen atoms in total. The van der Waals surface area contributed by atoms with Crippen LogP contribution in [-0.2, 0) is 11.8 Å². The molecule has 0 aliphatic heterocycles. The number of nitrogens with one attached hydrogen (secondary N) is 1. The third-order valence-corrected chi connectivity index (χ3v) is 3.80. The van der Waals surface area contributed by atoms with Crippen molar-refractivity contribution in [3.8, 4) is 6.07 Å². The Bertz CT molecular complexity index is 773. The van der Waals surface area contributed by atoms with Gasteiger partial charge in [0.15, 0.2) is 0 Å². The van der Waals surface area contributed by atoms with E-state index in [0.29, 0.717) is 6.42 Å². The summed E-state index contributed by atoms with van der Waals surface area (Å²) in [6.45, 7) is 0. The van der Waals surface area contributed by atoms with Crippen molar-refractivity contribution in [3.05, 3.63) is 89.8 Å². The Hall–Kier alpha value is -2.93. The normalized spacial score (nSPS) is 13.3. The van der Waals surface area contributed by atoms with Crippen LogP contribution in [0.3, 0.4) is 0 Å². The van der Waals surface area contributed by atoms with Gasteiger partial charge in [-0.15, -0.1) is 0 Å². The van der Waals surface area contributed by atoms with Crippen molar-refractivity contribution < 1.29 is 4.39 Å². The van der Waals surface area contributed by atoms with Gasteiger partial charge in [-0.25, -0.2) is 9.37 Å². The van der Waals surface area contributed by atoms with Crippen molar-refractivity contribution in [1.29, 1.82) is 5.26 Å². The molecule has 1 aromatic heterocycles. The zero-order valence-corrected chi connectivity index (χ0v) is 11.8. The minimum absolute atomic E-state index is 0.315. The van der Waals surface area contributed by atoms with E-state index in [1.165, 1.54) is 12.1 Å². The van der Waals surface area contributed by atoms with Crippen LogP contribution in [0.4, 0.5) is 4.39 Å². The number of benzene rings is 2. The highest BCUT2D eigenvalue weighted by Crippen LogP contribution is 2.35. The van der Waals surface area contributed by atoms with Crippen molar-refractivity contribution in [2.45, 2.75) is 11.8 Å². The van der Waals surface area contributed by atoms with E-state index in [9.17, 15) is 9.65 Å². The quantitative estimate of drug-likeness (QED) is 0.798. The van der Waals surface area contributed by atoms with Gasteiger partial charge < -0.3 is 4.98 Å². The highest BCUT2D eigenvalue weighted by Gasteiger charge is 2.35. The van der Waals surface area contributed by atoms with Crippen LogP contribution >= 0.6 is 0 Å². The maximum Gasteiger partial charge on any atom is 0.123 e. The summed E-state index contributed by atoms with van der Waals surface area (Å²) in [6, 6.07) is 18.1. The average Bonchev–Trinajstić information content (AvgIpc) is 3.07. The summed E-state index contributed by atoms with van der Waals surface area (Å²) in [5.74, 6) is -0.315. The van der Waals surface area contributed by atoms with Gasteiger partial charge in [0.25, 0.3) is 0 Å². The van der Waals surface area contributed by atoms with Gasteiger partial charge in [-0.1, -0.05) is 42.5 Å². The van der Waals surface area contributed by atoms with E-state index < -0.39 is 5.41 Å². The van der Waals surface area contributed by atoms with Gasteiger partial charge in [0, 0.05) is 18.3 Å². The summed E-state index contributed by atoms with van der Waals surface area (Å²) >= 11 is 0. The SMILES string of the molecule is N#CC(Cc1cnc[nH]1)(c1ccccc1)c1ccc(F)cc1. The van der Waals surface area contributed by atoms with E-state index in [1.807, 2.05) is 30.3 Å². The van der Waals surface area contributed by atoms with E-state index >= 15 is 0 Å². The van der Waals surface area contributed by atoms with Crippen LogP contribution in [-0.4, -0.2) is 9.97 Å². The molecule has 0 radical (unpaired) electrons. The zero-order valence-electron chi connectivity index (χ0n) is 11.8. The number of rotatable bonds is 4. The lowest BCUT2D eigenvalue weighted by atomic mass is 9.72. The lowest BCUT2D eigenvalue weighted by molar-refractivity contribution is 0.615. The second kappa shape index (κ2) is 5.82. The van der Waals surface area contributed by atoms with Gasteiger partial charge >= 0.3 is 0 Å². The molecule has 0 saturated heterocycles. The summed E-state index contributed by atoms with van der Waals surface area (Å²) in [5, 5.41) is 9.97. The van der Waals surface area contributed by atoms with Crippen molar-refractivity contribution >= 4 is 0 Å². The van der Waals surface area contributed by atoms with E-state index in [2.05, 4.69) is 16.0 Å². The Balaban J connectivity index is 2.16. The first-order chi connectivity index (χ1) is 10.7. The fourth-order valence-electron chi connectivity index (χ4n) is 2.66. The van der Waals surface area contributed by atoms with Gasteiger partial charge in [0.05, 0.1) is 12.4 Å². The molecule has 0 bridgehead atoms. The van der Waals surface area contributed by atoms with Gasteiger partial charge in [0.1, 0.15) is 11.2 Å². The van der Waals surface area contributed by atoms with E-state index in [0.717, 1.165) is 16.8 Å². The molecule has 1 atom stereocenters. The molecule has 1 heterocycles. The molecule has 0 fully saturated rings. The summed E-state index contributed by atoms with van der Waals surface area (Å²) < 4.78 is 13.3. The number of H-pyrrole nitrogens is 1. The lowest BCUT2D eigenvalue weighted by Crippen LogP contribution is -2.29. The maximum absolute atomic E-state index is 13.3. The predicted molar refractivity (Wildman–Crippen MR) is 81.5 cm³/mol. The zero-order chi connectivity index (χ0) is 15.4. The summed E-state index contributed by atoms with van der Waals surface area (Å²) in [5.41, 5.74) is 1.60. The van der Waals surface area contributed by atoms with Crippen LogP contribution in [0.15, 0.2) is 67.1 Å². The molecule has 0 aliphatic carbocycles. The molecule has 22 heavy (non-hydrogen) atoms. The number of nitrogens with zero attached hydrogens (tertiary/aromatic N) is 2. The van der Waals surface area contributed by atoms with E-state index in [1.54, 1.807) is 24.7 Å². The minimum Gasteiger partial charge on any atom is -0.348 e. The highest BCUT2D eigenvalue weighted by molar-refractivity contribution is 5.47. The molecule has 0 spiro atoms.